The Bertz CT molecular complexity index is 191. The van der Waals surface area contributed by atoms with Gasteiger partial charge < -0.3 is 15.4 Å². The van der Waals surface area contributed by atoms with Crippen molar-refractivity contribution < 1.29 is 4.74 Å². The maximum absolute atomic E-state index is 5.91. The van der Waals surface area contributed by atoms with Gasteiger partial charge in [0.1, 0.15) is 0 Å². The Labute approximate surface area is 79.2 Å². The monoisotopic (exact) mass is 182 g/mol. The molecule has 2 N–H and O–H groups in total. The topological polar surface area (TPSA) is 38.5 Å². The van der Waals surface area contributed by atoms with Crippen molar-refractivity contribution in [3.05, 3.63) is 0 Å². The summed E-state index contributed by atoms with van der Waals surface area (Å²) in [5, 5.41) is 0. The molecule has 3 fully saturated rings. The van der Waals surface area contributed by atoms with Crippen LogP contribution in [0.1, 0.15) is 12.8 Å². The summed E-state index contributed by atoms with van der Waals surface area (Å²) in [6.07, 6.45) is 3.81. The van der Waals surface area contributed by atoms with E-state index in [-0.39, 0.29) is 0 Å². The first-order valence-corrected chi connectivity index (χ1v) is 5.46. The highest BCUT2D eigenvalue weighted by molar-refractivity contribution is 5.02. The molecule has 0 radical (unpaired) electrons. The van der Waals surface area contributed by atoms with Crippen molar-refractivity contribution in [3.8, 4) is 0 Å². The highest BCUT2D eigenvalue weighted by Gasteiger charge is 2.52. The van der Waals surface area contributed by atoms with Gasteiger partial charge in [0.25, 0.3) is 0 Å². The van der Waals surface area contributed by atoms with Gasteiger partial charge in [0.2, 0.25) is 0 Å². The van der Waals surface area contributed by atoms with Crippen LogP contribution in [0.15, 0.2) is 0 Å². The summed E-state index contributed by atoms with van der Waals surface area (Å²) in [5.41, 5.74) is 5.57. The summed E-state index contributed by atoms with van der Waals surface area (Å²) >= 11 is 0. The van der Waals surface area contributed by atoms with Crippen molar-refractivity contribution in [2.24, 2.45) is 17.6 Å². The number of likely N-dealkylation sites (tertiary alicyclic amines) is 1. The Balaban J connectivity index is 1.69. The van der Waals surface area contributed by atoms with Crippen LogP contribution in [0.2, 0.25) is 0 Å². The van der Waals surface area contributed by atoms with Crippen LogP contribution in [0.4, 0.5) is 0 Å². The summed E-state index contributed by atoms with van der Waals surface area (Å²) in [6, 6.07) is 0. The lowest BCUT2D eigenvalue weighted by Gasteiger charge is -2.18. The lowest BCUT2D eigenvalue weighted by atomic mass is 9.82. The van der Waals surface area contributed by atoms with Crippen molar-refractivity contribution in [2.45, 2.75) is 25.0 Å². The fourth-order valence-corrected chi connectivity index (χ4v) is 3.41. The molecule has 0 aromatic carbocycles. The first kappa shape index (κ1) is 8.21. The Morgan fingerprint density at radius 2 is 1.77 bits per heavy atom. The molecule has 4 atom stereocenters. The van der Waals surface area contributed by atoms with E-state index in [4.69, 9.17) is 10.5 Å². The molecule has 0 saturated carbocycles. The van der Waals surface area contributed by atoms with Gasteiger partial charge in [-0.2, -0.15) is 0 Å². The molecule has 0 amide bonds. The van der Waals surface area contributed by atoms with Gasteiger partial charge in [-0.05, 0) is 12.8 Å². The van der Waals surface area contributed by atoms with E-state index in [1.807, 2.05) is 0 Å². The third-order valence-corrected chi connectivity index (χ3v) is 3.97. The lowest BCUT2D eigenvalue weighted by molar-refractivity contribution is 0.0710. The van der Waals surface area contributed by atoms with Gasteiger partial charge in [-0.25, -0.2) is 0 Å². The first-order chi connectivity index (χ1) is 6.38. The molecule has 3 aliphatic heterocycles. The Kier molecular flexibility index (Phi) is 1.86. The molecular formula is C10H18N2O. The molecule has 2 bridgehead atoms. The molecule has 3 rings (SSSR count). The van der Waals surface area contributed by atoms with Crippen LogP contribution in [0, 0.1) is 11.8 Å². The summed E-state index contributed by atoms with van der Waals surface area (Å²) < 4.78 is 5.91. The molecule has 0 spiro atoms. The predicted octanol–water partition coefficient (Wildman–Crippen LogP) is 0.0543. The molecule has 0 aromatic rings. The number of ether oxygens (including phenoxy) is 1. The zero-order chi connectivity index (χ0) is 8.84. The fraction of sp³-hybridized carbons (Fsp3) is 1.00. The highest BCUT2D eigenvalue weighted by Crippen LogP contribution is 2.46. The van der Waals surface area contributed by atoms with Crippen LogP contribution < -0.4 is 5.73 Å². The maximum atomic E-state index is 5.91. The van der Waals surface area contributed by atoms with Crippen molar-refractivity contribution in [3.63, 3.8) is 0 Å². The number of rotatable bonds is 2. The second-order valence-electron chi connectivity index (χ2n) is 4.67. The molecule has 0 aliphatic carbocycles. The number of fused-ring (bicyclic) bond motifs is 5. The Hall–Kier alpha value is -0.120. The van der Waals surface area contributed by atoms with E-state index < -0.39 is 0 Å². The SMILES string of the molecule is NCCN1C[C@@H]2[C@@H](C1)[C@H]1CC[C@H]2O1. The minimum absolute atomic E-state index is 0.595. The third-order valence-electron chi connectivity index (χ3n) is 3.97. The van der Waals surface area contributed by atoms with Crippen LogP contribution in [0.5, 0.6) is 0 Å². The maximum Gasteiger partial charge on any atom is 0.0624 e. The molecule has 13 heavy (non-hydrogen) atoms. The van der Waals surface area contributed by atoms with E-state index in [0.29, 0.717) is 12.2 Å². The van der Waals surface area contributed by atoms with Gasteiger partial charge >= 0.3 is 0 Å². The summed E-state index contributed by atoms with van der Waals surface area (Å²) in [5.74, 6) is 1.68. The van der Waals surface area contributed by atoms with Crippen molar-refractivity contribution >= 4 is 0 Å². The van der Waals surface area contributed by atoms with E-state index in [0.717, 1.165) is 24.9 Å². The van der Waals surface area contributed by atoms with Gasteiger partial charge in [0, 0.05) is 38.0 Å². The quantitative estimate of drug-likeness (QED) is 0.656. The highest BCUT2D eigenvalue weighted by atomic mass is 16.5. The second kappa shape index (κ2) is 2.94. The smallest absolute Gasteiger partial charge is 0.0624 e. The first-order valence-electron chi connectivity index (χ1n) is 5.46. The van der Waals surface area contributed by atoms with E-state index in [9.17, 15) is 0 Å². The average molecular weight is 182 g/mol. The second-order valence-corrected chi connectivity index (χ2v) is 4.67. The zero-order valence-corrected chi connectivity index (χ0v) is 7.98. The largest absolute Gasteiger partial charge is 0.374 e. The van der Waals surface area contributed by atoms with Crippen LogP contribution in [0.25, 0.3) is 0 Å². The number of hydrogen-bond donors (Lipinski definition) is 1. The van der Waals surface area contributed by atoms with E-state index >= 15 is 0 Å². The third kappa shape index (κ3) is 1.14. The van der Waals surface area contributed by atoms with E-state index in [2.05, 4.69) is 4.90 Å². The van der Waals surface area contributed by atoms with Crippen molar-refractivity contribution in [2.75, 3.05) is 26.2 Å². The summed E-state index contributed by atoms with van der Waals surface area (Å²) in [4.78, 5) is 2.52. The molecule has 3 heteroatoms. The van der Waals surface area contributed by atoms with E-state index in [1.165, 1.54) is 25.9 Å². The summed E-state index contributed by atoms with van der Waals surface area (Å²) in [6.45, 7) is 4.36. The normalized spacial score (nSPS) is 48.7. The van der Waals surface area contributed by atoms with Gasteiger partial charge in [-0.1, -0.05) is 0 Å². The zero-order valence-electron chi connectivity index (χ0n) is 7.98. The minimum Gasteiger partial charge on any atom is -0.374 e. The average Bonchev–Trinajstić information content (AvgIpc) is 2.72. The number of nitrogens with two attached hydrogens (primary N) is 1. The van der Waals surface area contributed by atoms with Crippen molar-refractivity contribution in [1.29, 1.82) is 0 Å². The van der Waals surface area contributed by atoms with Crippen molar-refractivity contribution in [1.82, 2.24) is 4.90 Å². The van der Waals surface area contributed by atoms with Crippen LogP contribution >= 0.6 is 0 Å². The van der Waals surface area contributed by atoms with Gasteiger partial charge in [-0.15, -0.1) is 0 Å². The van der Waals surface area contributed by atoms with Gasteiger partial charge in [-0.3, -0.25) is 0 Å². The lowest BCUT2D eigenvalue weighted by Crippen LogP contribution is -2.29. The fourth-order valence-electron chi connectivity index (χ4n) is 3.41. The van der Waals surface area contributed by atoms with Crippen LogP contribution in [0.3, 0.4) is 0 Å². The minimum atomic E-state index is 0.595. The molecule has 74 valence electrons. The molecule has 3 saturated heterocycles. The van der Waals surface area contributed by atoms with Crippen LogP contribution in [-0.2, 0) is 4.74 Å². The number of nitrogens with zero attached hydrogens (tertiary/aromatic N) is 1. The van der Waals surface area contributed by atoms with Crippen LogP contribution in [-0.4, -0.2) is 43.3 Å². The molecule has 3 heterocycles. The molecular weight excluding hydrogens is 164 g/mol. The molecule has 0 unspecified atom stereocenters. The predicted molar refractivity (Wildman–Crippen MR) is 50.4 cm³/mol. The standard InChI is InChI=1S/C10H18N2O/c11-3-4-12-5-7-8(6-12)10-2-1-9(7)13-10/h7-10H,1-6,11H2/t7-,8-,9-,10-/m1/s1. The summed E-state index contributed by atoms with van der Waals surface area (Å²) in [7, 11) is 0. The Morgan fingerprint density at radius 3 is 2.31 bits per heavy atom. The van der Waals surface area contributed by atoms with E-state index in [1.54, 1.807) is 0 Å². The van der Waals surface area contributed by atoms with Gasteiger partial charge in [0.15, 0.2) is 0 Å². The molecule has 3 nitrogen and oxygen atoms in total. The number of hydrogen-bond acceptors (Lipinski definition) is 3. The molecule has 3 aliphatic rings. The molecule has 0 aromatic heterocycles. The Morgan fingerprint density at radius 1 is 1.15 bits per heavy atom. The van der Waals surface area contributed by atoms with Gasteiger partial charge in [0.05, 0.1) is 12.2 Å².